The van der Waals surface area contributed by atoms with E-state index in [1.54, 1.807) is 41.8 Å². The van der Waals surface area contributed by atoms with Crippen molar-refractivity contribution in [3.8, 4) is 11.8 Å². The number of amides is 1. The second-order valence-electron chi connectivity index (χ2n) is 8.59. The van der Waals surface area contributed by atoms with E-state index in [0.29, 0.717) is 17.5 Å². The highest BCUT2D eigenvalue weighted by Crippen LogP contribution is 2.30. The third-order valence-corrected chi connectivity index (χ3v) is 5.75. The number of rotatable bonds is 4. The number of thiazole rings is 1. The Labute approximate surface area is 233 Å². The number of nitrogens with zero attached hydrogens (tertiary/aromatic N) is 2. The van der Waals surface area contributed by atoms with Crippen molar-refractivity contribution < 1.29 is 9.59 Å². The van der Waals surface area contributed by atoms with E-state index in [4.69, 9.17) is 5.73 Å². The zero-order valence-electron chi connectivity index (χ0n) is 22.2. The maximum Gasteiger partial charge on any atom is 0.256 e. The smallest absolute Gasteiger partial charge is 0.256 e. The van der Waals surface area contributed by atoms with Gasteiger partial charge < -0.3 is 16.4 Å². The molecule has 2 aromatic carbocycles. The third kappa shape index (κ3) is 13.1. The maximum atomic E-state index is 11.1. The van der Waals surface area contributed by atoms with Crippen LogP contribution >= 0.6 is 11.3 Å². The van der Waals surface area contributed by atoms with Crippen molar-refractivity contribution in [1.29, 1.82) is 0 Å². The molecule has 1 aliphatic rings. The van der Waals surface area contributed by atoms with Crippen molar-refractivity contribution in [2.75, 3.05) is 18.9 Å². The number of fused-ring (bicyclic) bond motifs is 1. The lowest BCUT2D eigenvalue weighted by molar-refractivity contribution is -0.111. The first-order valence-corrected chi connectivity index (χ1v) is 13.1. The Bertz CT molecular complexity index is 1360. The van der Waals surface area contributed by atoms with Gasteiger partial charge in [0.2, 0.25) is 0 Å². The zero-order valence-corrected chi connectivity index (χ0v) is 23.0. The minimum Gasteiger partial charge on any atom is -0.325 e. The largest absolute Gasteiger partial charge is 0.325 e. The summed E-state index contributed by atoms with van der Waals surface area (Å²) in [5.41, 5.74) is 8.99. The van der Waals surface area contributed by atoms with Crippen LogP contribution in [-0.2, 0) is 4.79 Å². The number of pyridine rings is 1. The van der Waals surface area contributed by atoms with Gasteiger partial charge in [-0.2, -0.15) is 0 Å². The van der Waals surface area contributed by atoms with Crippen LogP contribution in [0.3, 0.4) is 0 Å². The average molecular weight is 540 g/mol. The van der Waals surface area contributed by atoms with E-state index >= 15 is 0 Å². The van der Waals surface area contributed by atoms with E-state index in [0.717, 1.165) is 11.6 Å². The molecule has 8 heteroatoms. The standard InChI is InChI=1S/C11H9NO2.C9H7N.C7H8N2S.C4H9N/c1-2-5-11(14)12-10-7-4-3-6-9(10)8-13;1-2-4-9-7-10-6-5-8(9)3-1;1-8-4-2-3-7-9-5-6-10-7;1-4(5)2-3-4/h3-8H,1H2,(H,12,14);1-7H;5-6,8H,4H2,1H3;2-3,5H2,1H3. The second kappa shape index (κ2) is 17.2. The summed E-state index contributed by atoms with van der Waals surface area (Å²) in [5, 5.41) is 10.7. The highest BCUT2D eigenvalue weighted by molar-refractivity contribution is 7.10. The molecule has 0 spiro atoms. The van der Waals surface area contributed by atoms with Gasteiger partial charge in [0.25, 0.3) is 5.91 Å². The predicted molar refractivity (Wildman–Crippen MR) is 161 cm³/mol. The van der Waals surface area contributed by atoms with Gasteiger partial charge in [-0.1, -0.05) is 48.9 Å². The highest BCUT2D eigenvalue weighted by atomic mass is 32.1. The molecule has 0 bridgehead atoms. The average Bonchev–Trinajstić information content (AvgIpc) is 3.40. The summed E-state index contributed by atoms with van der Waals surface area (Å²) in [5.74, 6) is 5.49. The molecule has 0 atom stereocenters. The Hall–Kier alpha value is -4.38. The number of nitrogens with one attached hydrogen (secondary N) is 2. The Balaban J connectivity index is 0.000000191. The summed E-state index contributed by atoms with van der Waals surface area (Å²) in [6.07, 6.45) is 9.75. The Morgan fingerprint density at radius 2 is 1.82 bits per heavy atom. The van der Waals surface area contributed by atoms with Crippen molar-refractivity contribution in [1.82, 2.24) is 15.3 Å². The van der Waals surface area contributed by atoms with E-state index in [1.807, 2.05) is 43.0 Å². The molecule has 1 saturated carbocycles. The molecule has 4 aromatic rings. The van der Waals surface area contributed by atoms with Crippen molar-refractivity contribution in [2.24, 2.45) is 5.73 Å². The molecule has 2 aromatic heterocycles. The fourth-order valence-corrected chi connectivity index (χ4v) is 3.20. The fourth-order valence-electron chi connectivity index (χ4n) is 2.69. The fraction of sp³-hybridized carbons (Fsp3) is 0.194. The second-order valence-corrected chi connectivity index (χ2v) is 9.48. The number of aromatic nitrogens is 2. The number of hydrogen-bond acceptors (Lipinski definition) is 7. The van der Waals surface area contributed by atoms with Crippen LogP contribution in [0.1, 0.15) is 35.1 Å². The first-order chi connectivity index (χ1) is 18.9. The minimum absolute atomic E-state index is 0.250. The summed E-state index contributed by atoms with van der Waals surface area (Å²) in [4.78, 5) is 29.7. The zero-order chi connectivity index (χ0) is 28.3. The van der Waals surface area contributed by atoms with Gasteiger partial charge in [0.05, 0.1) is 12.2 Å². The molecular weight excluding hydrogens is 506 g/mol. The van der Waals surface area contributed by atoms with Crippen LogP contribution in [0, 0.1) is 11.8 Å². The van der Waals surface area contributed by atoms with Crippen molar-refractivity contribution >= 4 is 40.0 Å². The van der Waals surface area contributed by atoms with E-state index in [9.17, 15) is 9.59 Å². The molecule has 5 rings (SSSR count). The van der Waals surface area contributed by atoms with Gasteiger partial charge in [0.1, 0.15) is 0 Å². The van der Waals surface area contributed by atoms with Crippen LogP contribution in [0.2, 0.25) is 0 Å². The number of carbonyl (C=O) groups excluding carboxylic acids is 2. The molecular formula is C31H33N5O2S. The summed E-state index contributed by atoms with van der Waals surface area (Å²) in [6.45, 7) is 6.07. The predicted octanol–water partition coefficient (Wildman–Crippen LogP) is 5.23. The monoisotopic (exact) mass is 539 g/mol. The molecule has 200 valence electrons. The number of para-hydroxylation sites is 1. The molecule has 0 saturated heterocycles. The van der Waals surface area contributed by atoms with Crippen molar-refractivity contribution in [2.45, 2.75) is 25.3 Å². The van der Waals surface area contributed by atoms with Crippen LogP contribution in [0.5, 0.6) is 0 Å². The summed E-state index contributed by atoms with van der Waals surface area (Å²) >= 11 is 1.56. The molecule has 1 aliphatic carbocycles. The molecule has 1 amide bonds. The molecule has 0 unspecified atom stereocenters. The number of anilines is 1. The van der Waals surface area contributed by atoms with Crippen LogP contribution in [0.15, 0.2) is 97.0 Å². The quantitative estimate of drug-likeness (QED) is 0.142. The van der Waals surface area contributed by atoms with Crippen molar-refractivity contribution in [3.63, 3.8) is 0 Å². The molecule has 0 aliphatic heterocycles. The molecule has 2 heterocycles. The first kappa shape index (κ1) is 30.8. The summed E-state index contributed by atoms with van der Waals surface area (Å²) < 4.78 is 0. The summed E-state index contributed by atoms with van der Waals surface area (Å²) in [7, 11) is 1.87. The van der Waals surface area contributed by atoms with Crippen LogP contribution in [-0.4, -0.2) is 41.3 Å². The van der Waals surface area contributed by atoms with Gasteiger partial charge in [0.15, 0.2) is 11.3 Å². The van der Waals surface area contributed by atoms with Crippen LogP contribution < -0.4 is 16.4 Å². The lowest BCUT2D eigenvalue weighted by Crippen LogP contribution is -2.14. The van der Waals surface area contributed by atoms with E-state index in [2.05, 4.69) is 63.8 Å². The molecule has 0 radical (unpaired) electrons. The van der Waals surface area contributed by atoms with E-state index < -0.39 is 0 Å². The topological polar surface area (TPSA) is 110 Å². The number of benzene rings is 2. The van der Waals surface area contributed by atoms with E-state index in [1.165, 1.54) is 29.7 Å². The third-order valence-electron chi connectivity index (χ3n) is 5.06. The number of nitrogens with two attached hydrogens (primary N) is 1. The van der Waals surface area contributed by atoms with Gasteiger partial charge in [-0.3, -0.25) is 14.6 Å². The Morgan fingerprint density at radius 3 is 2.41 bits per heavy atom. The molecule has 1 fully saturated rings. The molecule has 4 N–H and O–H groups in total. The van der Waals surface area contributed by atoms with Gasteiger partial charge in [-0.15, -0.1) is 17.1 Å². The normalized spacial score (nSPS) is 11.7. The van der Waals surface area contributed by atoms with Gasteiger partial charge >= 0.3 is 0 Å². The number of hydrogen-bond donors (Lipinski definition) is 3. The van der Waals surface area contributed by atoms with Crippen LogP contribution in [0.25, 0.3) is 10.8 Å². The Morgan fingerprint density at radius 1 is 1.13 bits per heavy atom. The SMILES string of the molecule is C=C=CC(=O)Nc1ccccc1C=O.CC1(N)CC1.CNCC#Cc1nccs1.c1ccc2cnccc2c1. The lowest BCUT2D eigenvalue weighted by Gasteiger charge is -2.03. The Kier molecular flexibility index (Phi) is 13.6. The van der Waals surface area contributed by atoms with Crippen LogP contribution in [0.4, 0.5) is 5.69 Å². The first-order valence-electron chi connectivity index (χ1n) is 12.2. The van der Waals surface area contributed by atoms with Crippen molar-refractivity contribution in [3.05, 3.63) is 108 Å². The minimum atomic E-state index is -0.353. The van der Waals surface area contributed by atoms with Gasteiger partial charge in [0, 0.05) is 41.1 Å². The van der Waals surface area contributed by atoms with Gasteiger partial charge in [-0.25, -0.2) is 4.98 Å². The highest BCUT2D eigenvalue weighted by Gasteiger charge is 2.31. The number of aldehydes is 1. The van der Waals surface area contributed by atoms with E-state index in [-0.39, 0.29) is 11.4 Å². The number of carbonyl (C=O) groups is 2. The maximum absolute atomic E-state index is 11.1. The van der Waals surface area contributed by atoms with Gasteiger partial charge in [-0.05, 0) is 61.7 Å². The lowest BCUT2D eigenvalue weighted by atomic mass is 10.2. The summed E-state index contributed by atoms with van der Waals surface area (Å²) in [6, 6.07) is 16.9. The molecule has 39 heavy (non-hydrogen) atoms. The molecule has 7 nitrogen and oxygen atoms in total.